The third-order valence-electron chi connectivity index (χ3n) is 7.18. The van der Waals surface area contributed by atoms with Crippen molar-refractivity contribution in [3.63, 3.8) is 0 Å². The summed E-state index contributed by atoms with van der Waals surface area (Å²) >= 11 is 0. The third-order valence-corrected chi connectivity index (χ3v) is 9.07. The van der Waals surface area contributed by atoms with Gasteiger partial charge in [-0.1, -0.05) is 43.2 Å². The molecule has 174 valence electrons. The molecule has 0 radical (unpaired) electrons. The summed E-state index contributed by atoms with van der Waals surface area (Å²) in [6.45, 7) is 0.563. The molecule has 0 spiro atoms. The zero-order valence-electron chi connectivity index (χ0n) is 18.4. The Balaban J connectivity index is 1.22. The molecular weight excluding hydrogens is 442 g/mol. The molecule has 2 saturated heterocycles. The van der Waals surface area contributed by atoms with Gasteiger partial charge in [0.2, 0.25) is 27.7 Å². The highest BCUT2D eigenvalue weighted by atomic mass is 32.2. The third kappa shape index (κ3) is 3.93. The molecule has 9 heteroatoms. The van der Waals surface area contributed by atoms with Crippen molar-refractivity contribution < 1.29 is 22.8 Å². The van der Waals surface area contributed by atoms with Gasteiger partial charge in [-0.25, -0.2) is 8.42 Å². The lowest BCUT2D eigenvalue weighted by atomic mass is 9.81. The lowest BCUT2D eigenvalue weighted by molar-refractivity contribution is -0.147. The van der Waals surface area contributed by atoms with Crippen LogP contribution in [0.25, 0.3) is 10.8 Å². The summed E-state index contributed by atoms with van der Waals surface area (Å²) in [5, 5.41) is 1.82. The van der Waals surface area contributed by atoms with E-state index in [9.17, 15) is 22.8 Å². The fourth-order valence-corrected chi connectivity index (χ4v) is 6.73. The molecule has 2 aromatic carbocycles. The number of imide groups is 1. The van der Waals surface area contributed by atoms with Gasteiger partial charge in [0.25, 0.3) is 0 Å². The van der Waals surface area contributed by atoms with Crippen LogP contribution in [0.5, 0.6) is 0 Å². The molecule has 3 fully saturated rings. The number of likely N-dealkylation sites (tertiary alicyclic amines) is 1. The van der Waals surface area contributed by atoms with Crippen molar-refractivity contribution in [2.24, 2.45) is 11.8 Å². The SMILES string of the molecule is O=C(CN1C(=O)[C@H]2CCCC[C@@H]2C1=O)N1CCN(S(=O)(=O)c2ccc3ccccc3c2)CC1. The predicted molar refractivity (Wildman–Crippen MR) is 121 cm³/mol. The van der Waals surface area contributed by atoms with Crippen LogP contribution < -0.4 is 0 Å². The maximum absolute atomic E-state index is 13.1. The largest absolute Gasteiger partial charge is 0.338 e. The van der Waals surface area contributed by atoms with Gasteiger partial charge in [0.1, 0.15) is 6.54 Å². The van der Waals surface area contributed by atoms with Crippen LogP contribution in [-0.4, -0.2) is 73.0 Å². The molecule has 3 aliphatic rings. The van der Waals surface area contributed by atoms with Crippen LogP contribution in [0.1, 0.15) is 25.7 Å². The maximum atomic E-state index is 13.1. The van der Waals surface area contributed by atoms with Crippen LogP contribution in [0, 0.1) is 11.8 Å². The van der Waals surface area contributed by atoms with Crippen LogP contribution in [0.2, 0.25) is 0 Å². The Morgan fingerprint density at radius 3 is 2.09 bits per heavy atom. The smallest absolute Gasteiger partial charge is 0.243 e. The number of amides is 3. The fourth-order valence-electron chi connectivity index (χ4n) is 5.28. The molecule has 8 nitrogen and oxygen atoms in total. The number of sulfonamides is 1. The van der Waals surface area contributed by atoms with Crippen LogP contribution in [0.4, 0.5) is 0 Å². The van der Waals surface area contributed by atoms with Crippen molar-refractivity contribution in [3.05, 3.63) is 42.5 Å². The second-order valence-corrected chi connectivity index (χ2v) is 11.0. The van der Waals surface area contributed by atoms with Gasteiger partial charge in [-0.05, 0) is 35.7 Å². The Morgan fingerprint density at radius 1 is 0.848 bits per heavy atom. The second kappa shape index (κ2) is 8.53. The van der Waals surface area contributed by atoms with Gasteiger partial charge in [-0.15, -0.1) is 0 Å². The van der Waals surface area contributed by atoms with Gasteiger partial charge in [-0.3, -0.25) is 19.3 Å². The number of piperazine rings is 1. The number of carbonyl (C=O) groups excluding carboxylic acids is 3. The first-order chi connectivity index (χ1) is 15.9. The van der Waals surface area contributed by atoms with Gasteiger partial charge in [-0.2, -0.15) is 4.31 Å². The summed E-state index contributed by atoms with van der Waals surface area (Å²) < 4.78 is 27.7. The van der Waals surface area contributed by atoms with Gasteiger partial charge in [0, 0.05) is 26.2 Å². The number of nitrogens with zero attached hydrogens (tertiary/aromatic N) is 3. The summed E-state index contributed by atoms with van der Waals surface area (Å²) in [4.78, 5) is 41.0. The molecule has 2 heterocycles. The van der Waals surface area contributed by atoms with Crippen molar-refractivity contribution in [2.45, 2.75) is 30.6 Å². The zero-order valence-corrected chi connectivity index (χ0v) is 19.2. The van der Waals surface area contributed by atoms with Crippen molar-refractivity contribution in [1.29, 1.82) is 0 Å². The molecule has 2 atom stereocenters. The van der Waals surface area contributed by atoms with E-state index in [1.807, 2.05) is 24.3 Å². The minimum atomic E-state index is -3.68. The number of fused-ring (bicyclic) bond motifs is 2. The van der Waals surface area contributed by atoms with Crippen molar-refractivity contribution >= 4 is 38.5 Å². The van der Waals surface area contributed by atoms with Crippen molar-refractivity contribution in [2.75, 3.05) is 32.7 Å². The molecule has 1 saturated carbocycles. The number of carbonyl (C=O) groups is 3. The highest BCUT2D eigenvalue weighted by Gasteiger charge is 2.48. The van der Waals surface area contributed by atoms with E-state index in [1.165, 1.54) is 4.31 Å². The minimum absolute atomic E-state index is 0.175. The molecule has 0 unspecified atom stereocenters. The Morgan fingerprint density at radius 2 is 1.45 bits per heavy atom. The first-order valence-corrected chi connectivity index (χ1v) is 12.9. The molecule has 1 aliphatic carbocycles. The van der Waals surface area contributed by atoms with Crippen molar-refractivity contribution in [1.82, 2.24) is 14.1 Å². The van der Waals surface area contributed by atoms with Gasteiger partial charge < -0.3 is 4.90 Å². The number of rotatable bonds is 4. The molecule has 2 aliphatic heterocycles. The normalized spacial score (nSPS) is 24.4. The fraction of sp³-hybridized carbons (Fsp3) is 0.458. The van der Waals surface area contributed by atoms with E-state index in [2.05, 4.69) is 0 Å². The summed E-state index contributed by atoms with van der Waals surface area (Å²) in [5.41, 5.74) is 0. The minimum Gasteiger partial charge on any atom is -0.338 e. The van der Waals surface area contributed by atoms with Crippen molar-refractivity contribution in [3.8, 4) is 0 Å². The lowest BCUT2D eigenvalue weighted by Crippen LogP contribution is -2.53. The predicted octanol–water partition coefficient (Wildman–Crippen LogP) is 1.85. The Kier molecular flexibility index (Phi) is 5.70. The monoisotopic (exact) mass is 469 g/mol. The first-order valence-electron chi connectivity index (χ1n) is 11.5. The van der Waals surface area contributed by atoms with E-state index in [0.717, 1.165) is 28.5 Å². The molecule has 5 rings (SSSR count). The second-order valence-electron chi connectivity index (χ2n) is 9.05. The Hall–Kier alpha value is -2.78. The number of hydrogen-bond donors (Lipinski definition) is 0. The molecule has 0 aromatic heterocycles. The first kappa shape index (κ1) is 22.0. The van der Waals surface area contributed by atoms with E-state index in [0.29, 0.717) is 12.8 Å². The molecule has 0 N–H and O–H groups in total. The summed E-state index contributed by atoms with van der Waals surface area (Å²) in [6.07, 6.45) is 3.31. The standard InChI is InChI=1S/C24H27N3O5S/c28-22(16-27-23(29)20-7-3-4-8-21(20)24(27)30)25-11-13-26(14-12-25)33(31,32)19-10-9-17-5-1-2-6-18(17)15-19/h1-2,5-6,9-10,15,20-21H,3-4,7-8,11-14,16H2/t20-,21-/m0/s1. The Labute approximate surface area is 193 Å². The van der Waals surface area contributed by atoms with E-state index in [-0.39, 0.29) is 67.2 Å². The average molecular weight is 470 g/mol. The highest BCUT2D eigenvalue weighted by Crippen LogP contribution is 2.38. The average Bonchev–Trinajstić information content (AvgIpc) is 3.08. The molecule has 0 bridgehead atoms. The van der Waals surface area contributed by atoms with E-state index >= 15 is 0 Å². The number of benzene rings is 2. The maximum Gasteiger partial charge on any atom is 0.243 e. The molecule has 3 amide bonds. The van der Waals surface area contributed by atoms with Crippen LogP contribution in [0.15, 0.2) is 47.4 Å². The lowest BCUT2D eigenvalue weighted by Gasteiger charge is -2.34. The Bertz CT molecular complexity index is 1200. The van der Waals surface area contributed by atoms with Crippen LogP contribution >= 0.6 is 0 Å². The zero-order chi connectivity index (χ0) is 23.2. The van der Waals surface area contributed by atoms with E-state index < -0.39 is 10.0 Å². The molecular formula is C24H27N3O5S. The van der Waals surface area contributed by atoms with Crippen LogP contribution in [-0.2, 0) is 24.4 Å². The summed E-state index contributed by atoms with van der Waals surface area (Å²) in [6, 6.07) is 12.7. The highest BCUT2D eigenvalue weighted by molar-refractivity contribution is 7.89. The summed E-state index contributed by atoms with van der Waals surface area (Å²) in [5.74, 6) is -1.31. The topological polar surface area (TPSA) is 95.1 Å². The van der Waals surface area contributed by atoms with E-state index in [4.69, 9.17) is 0 Å². The molecule has 33 heavy (non-hydrogen) atoms. The van der Waals surface area contributed by atoms with Crippen LogP contribution in [0.3, 0.4) is 0 Å². The van der Waals surface area contributed by atoms with Gasteiger partial charge in [0.15, 0.2) is 0 Å². The van der Waals surface area contributed by atoms with E-state index in [1.54, 1.807) is 23.1 Å². The molecule has 2 aromatic rings. The van der Waals surface area contributed by atoms with Gasteiger partial charge >= 0.3 is 0 Å². The summed E-state index contributed by atoms with van der Waals surface area (Å²) in [7, 11) is -3.68. The number of hydrogen-bond acceptors (Lipinski definition) is 5. The van der Waals surface area contributed by atoms with Gasteiger partial charge in [0.05, 0.1) is 16.7 Å². The quantitative estimate of drug-likeness (QED) is 0.637.